The summed E-state index contributed by atoms with van der Waals surface area (Å²) in [7, 11) is 4.01. The highest BCUT2D eigenvalue weighted by atomic mass is 16.5. The second-order valence-electron chi connectivity index (χ2n) is 5.38. The van der Waals surface area contributed by atoms with Crippen LogP contribution in [0.15, 0.2) is 24.3 Å². The summed E-state index contributed by atoms with van der Waals surface area (Å²) in [6, 6.07) is 8.98. The average molecular weight is 233 g/mol. The molecule has 0 spiro atoms. The first-order valence-electron chi connectivity index (χ1n) is 6.41. The van der Waals surface area contributed by atoms with Crippen molar-refractivity contribution in [3.63, 3.8) is 0 Å². The smallest absolute Gasteiger partial charge is 0.0560 e. The minimum Gasteiger partial charge on any atom is -0.384 e. The predicted octanol–water partition coefficient (Wildman–Crippen LogP) is 2.60. The van der Waals surface area contributed by atoms with Gasteiger partial charge in [0.2, 0.25) is 0 Å². The summed E-state index contributed by atoms with van der Waals surface area (Å²) < 4.78 is 5.49. The van der Waals surface area contributed by atoms with Gasteiger partial charge in [-0.3, -0.25) is 0 Å². The Hall–Kier alpha value is -0.860. The number of nitrogens with zero attached hydrogens (tertiary/aromatic N) is 1. The lowest BCUT2D eigenvalue weighted by molar-refractivity contribution is 0.0809. The molecular formula is C15H23NO. The molecule has 0 radical (unpaired) electrons. The molecule has 0 N–H and O–H groups in total. The number of ether oxygens (including phenoxy) is 1. The number of rotatable bonds is 3. The molecule has 1 aliphatic rings. The zero-order valence-corrected chi connectivity index (χ0v) is 11.2. The highest BCUT2D eigenvalue weighted by molar-refractivity contribution is 5.29. The zero-order chi connectivity index (χ0) is 12.3. The lowest BCUT2D eigenvalue weighted by Crippen LogP contribution is -2.43. The van der Waals surface area contributed by atoms with E-state index in [1.54, 1.807) is 0 Å². The largest absolute Gasteiger partial charge is 0.384 e. The molecule has 2 heteroatoms. The predicted molar refractivity (Wildman–Crippen MR) is 71.5 cm³/mol. The number of methoxy groups -OCH3 is 1. The van der Waals surface area contributed by atoms with E-state index in [-0.39, 0.29) is 5.41 Å². The first-order valence-corrected chi connectivity index (χ1v) is 6.41. The first-order chi connectivity index (χ1) is 8.16. The van der Waals surface area contributed by atoms with Crippen LogP contribution in [-0.4, -0.2) is 38.8 Å². The van der Waals surface area contributed by atoms with Crippen LogP contribution in [0.3, 0.4) is 0 Å². The lowest BCUT2D eigenvalue weighted by Gasteiger charge is -2.40. The van der Waals surface area contributed by atoms with E-state index in [2.05, 4.69) is 43.1 Å². The normalized spacial score (nSPS) is 20.4. The molecule has 17 heavy (non-hydrogen) atoms. The number of piperidine rings is 1. The van der Waals surface area contributed by atoms with Crippen molar-refractivity contribution in [2.75, 3.05) is 33.9 Å². The summed E-state index contributed by atoms with van der Waals surface area (Å²) in [5, 5.41) is 0. The van der Waals surface area contributed by atoms with E-state index in [1.165, 1.54) is 24.0 Å². The molecule has 2 rings (SSSR count). The molecule has 1 aromatic rings. The number of hydrogen-bond donors (Lipinski definition) is 0. The van der Waals surface area contributed by atoms with Gasteiger partial charge in [0.25, 0.3) is 0 Å². The number of benzene rings is 1. The van der Waals surface area contributed by atoms with Gasteiger partial charge in [-0.1, -0.05) is 29.8 Å². The van der Waals surface area contributed by atoms with Gasteiger partial charge in [0, 0.05) is 12.5 Å². The topological polar surface area (TPSA) is 12.5 Å². The van der Waals surface area contributed by atoms with Gasteiger partial charge in [-0.15, -0.1) is 0 Å². The van der Waals surface area contributed by atoms with Crippen molar-refractivity contribution < 1.29 is 4.74 Å². The Kier molecular flexibility index (Phi) is 3.85. The monoisotopic (exact) mass is 233 g/mol. The fourth-order valence-electron chi connectivity index (χ4n) is 2.75. The fourth-order valence-corrected chi connectivity index (χ4v) is 2.75. The van der Waals surface area contributed by atoms with Gasteiger partial charge in [-0.25, -0.2) is 0 Å². The van der Waals surface area contributed by atoms with Crippen LogP contribution in [0.5, 0.6) is 0 Å². The maximum Gasteiger partial charge on any atom is 0.0560 e. The molecule has 0 saturated carbocycles. The quantitative estimate of drug-likeness (QED) is 0.795. The van der Waals surface area contributed by atoms with Crippen molar-refractivity contribution in [1.82, 2.24) is 4.90 Å². The van der Waals surface area contributed by atoms with Gasteiger partial charge in [-0.05, 0) is 45.5 Å². The van der Waals surface area contributed by atoms with E-state index in [1.807, 2.05) is 7.11 Å². The van der Waals surface area contributed by atoms with E-state index in [9.17, 15) is 0 Å². The van der Waals surface area contributed by atoms with Crippen LogP contribution in [-0.2, 0) is 10.2 Å². The molecule has 1 aliphatic heterocycles. The minimum absolute atomic E-state index is 0.231. The van der Waals surface area contributed by atoms with Crippen LogP contribution < -0.4 is 0 Å². The third-order valence-electron chi connectivity index (χ3n) is 4.03. The third kappa shape index (κ3) is 2.70. The van der Waals surface area contributed by atoms with Crippen LogP contribution in [0.2, 0.25) is 0 Å². The van der Waals surface area contributed by atoms with Crippen molar-refractivity contribution in [3.8, 4) is 0 Å². The summed E-state index contributed by atoms with van der Waals surface area (Å²) >= 11 is 0. The fraction of sp³-hybridized carbons (Fsp3) is 0.600. The van der Waals surface area contributed by atoms with Gasteiger partial charge in [0.15, 0.2) is 0 Å². The second-order valence-corrected chi connectivity index (χ2v) is 5.38. The van der Waals surface area contributed by atoms with E-state index in [4.69, 9.17) is 4.74 Å². The minimum atomic E-state index is 0.231. The summed E-state index contributed by atoms with van der Waals surface area (Å²) in [6.07, 6.45) is 2.39. The molecule has 0 aromatic heterocycles. The van der Waals surface area contributed by atoms with Crippen LogP contribution in [0.25, 0.3) is 0 Å². The Morgan fingerprint density at radius 3 is 2.29 bits per heavy atom. The van der Waals surface area contributed by atoms with Gasteiger partial charge < -0.3 is 9.64 Å². The van der Waals surface area contributed by atoms with Crippen molar-refractivity contribution in [2.24, 2.45) is 0 Å². The molecule has 0 aliphatic carbocycles. The Balaban J connectivity index is 2.24. The van der Waals surface area contributed by atoms with Crippen molar-refractivity contribution in [1.29, 1.82) is 0 Å². The highest BCUT2D eigenvalue weighted by Gasteiger charge is 2.35. The van der Waals surface area contributed by atoms with Crippen LogP contribution >= 0.6 is 0 Å². The van der Waals surface area contributed by atoms with Crippen molar-refractivity contribution in [2.45, 2.75) is 25.2 Å². The van der Waals surface area contributed by atoms with Crippen LogP contribution in [0, 0.1) is 6.92 Å². The van der Waals surface area contributed by atoms with E-state index in [0.29, 0.717) is 0 Å². The number of likely N-dealkylation sites (tertiary alicyclic amines) is 1. The summed E-state index contributed by atoms with van der Waals surface area (Å²) in [5.74, 6) is 0. The molecule has 1 saturated heterocycles. The second kappa shape index (κ2) is 5.19. The molecule has 1 aromatic carbocycles. The summed E-state index contributed by atoms with van der Waals surface area (Å²) in [5.41, 5.74) is 3.00. The maximum absolute atomic E-state index is 5.49. The average Bonchev–Trinajstić information content (AvgIpc) is 2.34. The van der Waals surface area contributed by atoms with Gasteiger partial charge in [-0.2, -0.15) is 0 Å². The lowest BCUT2D eigenvalue weighted by atomic mass is 9.73. The number of hydrogen-bond acceptors (Lipinski definition) is 2. The molecule has 0 atom stereocenters. The molecule has 2 nitrogen and oxygen atoms in total. The van der Waals surface area contributed by atoms with Gasteiger partial charge in [0.05, 0.1) is 6.61 Å². The highest BCUT2D eigenvalue weighted by Crippen LogP contribution is 2.35. The Bertz CT molecular complexity index is 350. The molecular weight excluding hydrogens is 210 g/mol. The molecule has 0 unspecified atom stereocenters. The van der Waals surface area contributed by atoms with Crippen molar-refractivity contribution >= 4 is 0 Å². The summed E-state index contributed by atoms with van der Waals surface area (Å²) in [4.78, 5) is 2.40. The molecule has 94 valence electrons. The van der Waals surface area contributed by atoms with E-state index >= 15 is 0 Å². The Morgan fingerprint density at radius 1 is 1.18 bits per heavy atom. The Labute approximate surface area is 105 Å². The van der Waals surface area contributed by atoms with Gasteiger partial charge in [0.1, 0.15) is 0 Å². The molecule has 1 fully saturated rings. The first kappa shape index (κ1) is 12.6. The van der Waals surface area contributed by atoms with Crippen molar-refractivity contribution in [3.05, 3.63) is 35.4 Å². The maximum atomic E-state index is 5.49. The third-order valence-corrected chi connectivity index (χ3v) is 4.03. The molecule has 1 heterocycles. The SMILES string of the molecule is COCC1(c2ccc(C)cc2)CCN(C)CC1. The van der Waals surface area contributed by atoms with Crippen LogP contribution in [0.1, 0.15) is 24.0 Å². The van der Waals surface area contributed by atoms with E-state index in [0.717, 1.165) is 19.7 Å². The summed E-state index contributed by atoms with van der Waals surface area (Å²) in [6.45, 7) is 5.31. The standard InChI is InChI=1S/C15H23NO/c1-13-4-6-14(7-5-13)15(12-17-3)8-10-16(2)11-9-15/h4-7H,8-12H2,1-3H3. The molecule has 0 bridgehead atoms. The van der Waals surface area contributed by atoms with Gasteiger partial charge >= 0.3 is 0 Å². The zero-order valence-electron chi connectivity index (χ0n) is 11.2. The number of aryl methyl sites for hydroxylation is 1. The van der Waals surface area contributed by atoms with Crippen LogP contribution in [0.4, 0.5) is 0 Å². The molecule has 0 amide bonds. The van der Waals surface area contributed by atoms with E-state index < -0.39 is 0 Å². The Morgan fingerprint density at radius 2 is 1.76 bits per heavy atom.